The number of halogens is 5. The van der Waals surface area contributed by atoms with E-state index in [2.05, 4.69) is 36.8 Å². The van der Waals surface area contributed by atoms with Gasteiger partial charge in [-0.05, 0) is 102 Å². The molecule has 0 radical (unpaired) electrons. The van der Waals surface area contributed by atoms with Crippen molar-refractivity contribution in [2.75, 3.05) is 24.6 Å². The summed E-state index contributed by atoms with van der Waals surface area (Å²) in [5.41, 5.74) is 2.44. The molecule has 3 heterocycles. The maximum Gasteiger partial charge on any atom is 0.416 e. The van der Waals surface area contributed by atoms with E-state index in [0.717, 1.165) is 73.4 Å². The highest BCUT2D eigenvalue weighted by Gasteiger charge is 2.33. The van der Waals surface area contributed by atoms with Gasteiger partial charge in [0, 0.05) is 34.3 Å². The van der Waals surface area contributed by atoms with Crippen molar-refractivity contribution in [2.45, 2.75) is 52.6 Å². The number of anilines is 1. The van der Waals surface area contributed by atoms with Crippen LogP contribution in [0.25, 0.3) is 16.7 Å². The zero-order valence-electron chi connectivity index (χ0n) is 19.3. The third-order valence-corrected chi connectivity index (χ3v) is 7.91. The van der Waals surface area contributed by atoms with Gasteiger partial charge in [0.2, 0.25) is 0 Å². The molecule has 5 nitrogen and oxygen atoms in total. The third-order valence-electron chi connectivity index (χ3n) is 6.70. The Morgan fingerprint density at radius 2 is 1.68 bits per heavy atom. The Hall–Kier alpha value is -1.65. The number of aliphatic hydroxyl groups excluding tert-OH is 1. The normalized spacial score (nSPS) is 15.5. The molecule has 4 rings (SSSR count). The number of aliphatic hydroxyl groups is 1. The van der Waals surface area contributed by atoms with Gasteiger partial charge in [0.15, 0.2) is 5.65 Å². The van der Waals surface area contributed by atoms with Crippen LogP contribution in [0.3, 0.4) is 0 Å². The van der Waals surface area contributed by atoms with Crippen molar-refractivity contribution in [1.82, 2.24) is 14.5 Å². The van der Waals surface area contributed by atoms with Crippen molar-refractivity contribution in [3.05, 3.63) is 43.7 Å². The Balaban J connectivity index is 1.82. The number of nitrogens with zero attached hydrogens (tertiary/aromatic N) is 4. The zero-order chi connectivity index (χ0) is 24.8. The molecule has 0 unspecified atom stereocenters. The molecule has 34 heavy (non-hydrogen) atoms. The van der Waals surface area contributed by atoms with Crippen molar-refractivity contribution < 1.29 is 18.3 Å². The van der Waals surface area contributed by atoms with E-state index in [1.807, 2.05) is 25.3 Å². The van der Waals surface area contributed by atoms with Gasteiger partial charge in [-0.3, -0.25) is 4.57 Å². The Labute approximate surface area is 213 Å². The molecule has 184 valence electrons. The predicted molar refractivity (Wildman–Crippen MR) is 135 cm³/mol. The van der Waals surface area contributed by atoms with Crippen LogP contribution in [0.4, 0.5) is 19.0 Å². The average Bonchev–Trinajstić information content (AvgIpc) is 3.01. The Morgan fingerprint density at radius 3 is 2.24 bits per heavy atom. The molecule has 1 aliphatic rings. The van der Waals surface area contributed by atoms with Gasteiger partial charge in [-0.25, -0.2) is 9.97 Å². The van der Waals surface area contributed by atoms with E-state index in [-0.39, 0.29) is 6.61 Å². The first-order valence-electron chi connectivity index (χ1n) is 11.3. The molecule has 1 aliphatic heterocycles. The molecule has 1 saturated heterocycles. The molecule has 0 bridgehead atoms. The van der Waals surface area contributed by atoms with Gasteiger partial charge in [0.05, 0.1) is 16.6 Å². The lowest BCUT2D eigenvalue weighted by atomic mass is 9.92. The maximum atomic E-state index is 13.3. The number of piperidine rings is 1. The quantitative estimate of drug-likeness (QED) is 0.345. The molecule has 0 atom stereocenters. The topological polar surface area (TPSA) is 54.2 Å². The number of hydrogen-bond donors (Lipinski definition) is 1. The first-order chi connectivity index (χ1) is 16.0. The average molecular weight is 604 g/mol. The lowest BCUT2D eigenvalue weighted by molar-refractivity contribution is -0.137. The van der Waals surface area contributed by atoms with Crippen LogP contribution in [0.1, 0.15) is 48.3 Å². The van der Waals surface area contributed by atoms with E-state index in [1.165, 1.54) is 0 Å². The number of hydrogen-bond acceptors (Lipinski definition) is 4. The van der Waals surface area contributed by atoms with Gasteiger partial charge in [0.1, 0.15) is 11.6 Å². The second-order valence-electron chi connectivity index (χ2n) is 8.92. The van der Waals surface area contributed by atoms with Crippen LogP contribution >= 0.6 is 31.9 Å². The summed E-state index contributed by atoms with van der Waals surface area (Å²) in [6, 6.07) is 2.21. The summed E-state index contributed by atoms with van der Waals surface area (Å²) in [4.78, 5) is 11.8. The maximum absolute atomic E-state index is 13.3. The molecule has 1 N–H and O–H groups in total. The highest BCUT2D eigenvalue weighted by Crippen LogP contribution is 2.42. The van der Waals surface area contributed by atoms with Crippen LogP contribution in [-0.4, -0.2) is 39.3 Å². The summed E-state index contributed by atoms with van der Waals surface area (Å²) in [5.74, 6) is 2.10. The number of benzene rings is 1. The fraction of sp³-hybridized carbons (Fsp3) is 0.500. The van der Waals surface area contributed by atoms with Gasteiger partial charge < -0.3 is 10.0 Å². The van der Waals surface area contributed by atoms with Crippen LogP contribution < -0.4 is 4.90 Å². The number of rotatable bonds is 5. The summed E-state index contributed by atoms with van der Waals surface area (Å²) in [6.45, 7) is 7.78. The highest BCUT2D eigenvalue weighted by molar-refractivity contribution is 9.11. The Morgan fingerprint density at radius 1 is 1.06 bits per heavy atom. The van der Waals surface area contributed by atoms with Crippen molar-refractivity contribution >= 4 is 48.7 Å². The molecular formula is C24H27Br2F3N4O. The van der Waals surface area contributed by atoms with E-state index in [9.17, 15) is 13.2 Å². The molecule has 1 fully saturated rings. The Kier molecular flexibility index (Phi) is 7.32. The molecule has 0 saturated carbocycles. The fourth-order valence-electron chi connectivity index (χ4n) is 4.81. The van der Waals surface area contributed by atoms with E-state index in [0.29, 0.717) is 32.0 Å². The van der Waals surface area contributed by atoms with E-state index in [4.69, 9.17) is 15.1 Å². The van der Waals surface area contributed by atoms with E-state index >= 15 is 0 Å². The molecular weight excluding hydrogens is 577 g/mol. The molecule has 3 aromatic rings. The Bertz CT molecular complexity index is 1190. The van der Waals surface area contributed by atoms with Gasteiger partial charge in [0.25, 0.3) is 0 Å². The monoisotopic (exact) mass is 602 g/mol. The van der Waals surface area contributed by atoms with Crippen molar-refractivity contribution in [3.63, 3.8) is 0 Å². The third kappa shape index (κ3) is 4.73. The smallest absolute Gasteiger partial charge is 0.396 e. The summed E-state index contributed by atoms with van der Waals surface area (Å²) in [5, 5.41) is 10.1. The number of aromatic nitrogens is 3. The second kappa shape index (κ2) is 9.78. The summed E-state index contributed by atoms with van der Waals surface area (Å²) >= 11 is 6.75. The number of alkyl halides is 3. The van der Waals surface area contributed by atoms with E-state index < -0.39 is 11.7 Å². The van der Waals surface area contributed by atoms with Gasteiger partial charge in [-0.2, -0.15) is 13.2 Å². The van der Waals surface area contributed by atoms with Crippen LogP contribution in [0.2, 0.25) is 0 Å². The minimum Gasteiger partial charge on any atom is -0.396 e. The van der Waals surface area contributed by atoms with Crippen molar-refractivity contribution in [2.24, 2.45) is 5.92 Å². The highest BCUT2D eigenvalue weighted by atomic mass is 79.9. The van der Waals surface area contributed by atoms with Crippen LogP contribution in [0, 0.1) is 26.7 Å². The molecule has 0 aliphatic carbocycles. The largest absolute Gasteiger partial charge is 0.416 e. The first kappa shape index (κ1) is 25.4. The minimum absolute atomic E-state index is 0.229. The van der Waals surface area contributed by atoms with Gasteiger partial charge >= 0.3 is 6.18 Å². The molecule has 2 aromatic heterocycles. The summed E-state index contributed by atoms with van der Waals surface area (Å²) in [7, 11) is 0. The van der Waals surface area contributed by atoms with Crippen LogP contribution in [0.15, 0.2) is 21.1 Å². The first-order valence-corrected chi connectivity index (χ1v) is 12.9. The number of fused-ring (bicyclic) bond motifs is 1. The lowest BCUT2D eigenvalue weighted by Gasteiger charge is -2.33. The number of aryl methyl sites for hydroxylation is 2. The van der Waals surface area contributed by atoms with Crippen molar-refractivity contribution in [3.8, 4) is 5.69 Å². The SMILES string of the molecule is Cc1nc(N2CCC(CCCO)CC2)c2c(C)c(C)n(-c3c(Br)cc(C(F)(F)F)cc3Br)c2n1. The molecule has 1 aromatic carbocycles. The molecule has 0 amide bonds. The van der Waals surface area contributed by atoms with Crippen LogP contribution in [0.5, 0.6) is 0 Å². The standard InChI is InChI=1S/C24H27Br2F3N4O/c1-13-14(2)33(21-18(25)11-17(12-19(21)26)24(27,28)29)23-20(13)22(30-15(3)31-23)32-8-6-16(7-9-32)5-4-10-34/h11-12,16,34H,4-10H2,1-3H3. The van der Waals surface area contributed by atoms with Gasteiger partial charge in [-0.1, -0.05) is 0 Å². The van der Waals surface area contributed by atoms with Crippen LogP contribution in [-0.2, 0) is 6.18 Å². The zero-order valence-corrected chi connectivity index (χ0v) is 22.5. The van der Waals surface area contributed by atoms with Gasteiger partial charge in [-0.15, -0.1) is 0 Å². The van der Waals surface area contributed by atoms with E-state index in [1.54, 1.807) is 0 Å². The summed E-state index contributed by atoms with van der Waals surface area (Å²) < 4.78 is 42.6. The fourth-order valence-corrected chi connectivity index (χ4v) is 6.35. The lowest BCUT2D eigenvalue weighted by Crippen LogP contribution is -2.34. The second-order valence-corrected chi connectivity index (χ2v) is 10.6. The predicted octanol–water partition coefficient (Wildman–Crippen LogP) is 6.88. The molecule has 10 heteroatoms. The molecule has 0 spiro atoms. The van der Waals surface area contributed by atoms with Crippen molar-refractivity contribution in [1.29, 1.82) is 0 Å². The summed E-state index contributed by atoms with van der Waals surface area (Å²) in [6.07, 6.45) is -0.492. The minimum atomic E-state index is -4.44.